The van der Waals surface area contributed by atoms with Gasteiger partial charge in [-0.05, 0) is 48.9 Å². The van der Waals surface area contributed by atoms with Crippen molar-refractivity contribution in [2.45, 2.75) is 38.5 Å². The summed E-state index contributed by atoms with van der Waals surface area (Å²) in [7, 11) is 0. The van der Waals surface area contributed by atoms with E-state index in [1.165, 1.54) is 0 Å². The normalized spacial score (nSPS) is 18.8. The standard InChI is InChI=1S/C29H25ClN6O4/c1-17-31-24-13-23(27-32-26-4-2-3-10-36(26)33-27)25(40-21-9-11-34-20(12-21)16-39-29(34)38)14-22(24)28(37)35(17)15-18-5-7-19(30)8-6-18/h2-8,10,13-14,20-21H,9,11-12,15-16H2,1H3/t20-,21-/m0/s1. The van der Waals surface area contributed by atoms with Gasteiger partial charge in [0.25, 0.3) is 5.56 Å². The van der Waals surface area contributed by atoms with Gasteiger partial charge >= 0.3 is 6.09 Å². The first-order valence-electron chi connectivity index (χ1n) is 13.1. The summed E-state index contributed by atoms with van der Waals surface area (Å²) in [5, 5.41) is 5.74. The van der Waals surface area contributed by atoms with Gasteiger partial charge in [-0.15, -0.1) is 5.10 Å². The molecule has 11 heteroatoms. The Morgan fingerprint density at radius 1 is 1.10 bits per heavy atom. The van der Waals surface area contributed by atoms with Crippen molar-refractivity contribution >= 4 is 34.2 Å². The zero-order valence-corrected chi connectivity index (χ0v) is 22.4. The highest BCUT2D eigenvalue weighted by atomic mass is 35.5. The van der Waals surface area contributed by atoms with Crippen LogP contribution in [0.25, 0.3) is 27.9 Å². The van der Waals surface area contributed by atoms with Gasteiger partial charge in [0.1, 0.15) is 24.3 Å². The molecule has 0 aliphatic carbocycles. The number of pyridine rings is 1. The molecule has 7 rings (SSSR count). The van der Waals surface area contributed by atoms with E-state index in [-0.39, 0.29) is 23.8 Å². The van der Waals surface area contributed by atoms with Crippen LogP contribution in [0.15, 0.2) is 65.6 Å². The van der Waals surface area contributed by atoms with Gasteiger partial charge in [0.15, 0.2) is 11.5 Å². The predicted molar refractivity (Wildman–Crippen MR) is 149 cm³/mol. The van der Waals surface area contributed by atoms with Crippen LogP contribution in [0.1, 0.15) is 24.2 Å². The summed E-state index contributed by atoms with van der Waals surface area (Å²) in [6, 6.07) is 16.6. The lowest BCUT2D eigenvalue weighted by atomic mass is 10.0. The van der Waals surface area contributed by atoms with Crippen LogP contribution in [0.5, 0.6) is 5.75 Å². The highest BCUT2D eigenvalue weighted by Gasteiger charge is 2.39. The summed E-state index contributed by atoms with van der Waals surface area (Å²) in [6.45, 7) is 3.10. The van der Waals surface area contributed by atoms with Crippen molar-refractivity contribution in [3.05, 3.63) is 87.6 Å². The minimum atomic E-state index is -0.272. The quantitative estimate of drug-likeness (QED) is 0.314. The van der Waals surface area contributed by atoms with Crippen LogP contribution in [0.3, 0.4) is 0 Å². The Hall–Kier alpha value is -4.44. The van der Waals surface area contributed by atoms with Crippen molar-refractivity contribution < 1.29 is 14.3 Å². The number of amides is 1. The lowest BCUT2D eigenvalue weighted by molar-refractivity contribution is 0.0940. The number of carbonyl (C=O) groups excluding carboxylic acids is 1. The van der Waals surface area contributed by atoms with E-state index < -0.39 is 0 Å². The van der Waals surface area contributed by atoms with Crippen molar-refractivity contribution in [1.82, 2.24) is 29.0 Å². The van der Waals surface area contributed by atoms with Gasteiger partial charge in [-0.1, -0.05) is 29.8 Å². The van der Waals surface area contributed by atoms with E-state index in [0.717, 1.165) is 5.56 Å². The molecule has 2 aliphatic rings. The van der Waals surface area contributed by atoms with Crippen LogP contribution < -0.4 is 10.3 Å². The number of rotatable bonds is 5. The minimum Gasteiger partial charge on any atom is -0.489 e. The van der Waals surface area contributed by atoms with Gasteiger partial charge in [0.2, 0.25) is 0 Å². The molecule has 10 nitrogen and oxygen atoms in total. The number of aromatic nitrogens is 5. The predicted octanol–water partition coefficient (Wildman–Crippen LogP) is 4.48. The number of hydrogen-bond acceptors (Lipinski definition) is 7. The average molecular weight is 557 g/mol. The monoisotopic (exact) mass is 556 g/mol. The van der Waals surface area contributed by atoms with Crippen molar-refractivity contribution in [1.29, 1.82) is 0 Å². The molecule has 1 amide bonds. The first kappa shape index (κ1) is 24.6. The molecule has 0 unspecified atom stereocenters. The van der Waals surface area contributed by atoms with Crippen molar-refractivity contribution in [2.24, 2.45) is 0 Å². The molecule has 3 aromatic heterocycles. The fraction of sp³-hybridized carbons (Fsp3) is 0.276. The highest BCUT2D eigenvalue weighted by Crippen LogP contribution is 2.35. The molecule has 5 aromatic rings. The molecule has 2 aromatic carbocycles. The van der Waals surface area contributed by atoms with E-state index in [4.69, 9.17) is 31.0 Å². The van der Waals surface area contributed by atoms with Crippen LogP contribution in [-0.2, 0) is 11.3 Å². The zero-order chi connectivity index (χ0) is 27.4. The van der Waals surface area contributed by atoms with E-state index in [2.05, 4.69) is 5.10 Å². The summed E-state index contributed by atoms with van der Waals surface area (Å²) in [5.74, 6) is 1.57. The molecule has 2 saturated heterocycles. The maximum absolute atomic E-state index is 13.8. The Morgan fingerprint density at radius 2 is 1.95 bits per heavy atom. The maximum Gasteiger partial charge on any atom is 0.410 e. The zero-order valence-electron chi connectivity index (χ0n) is 21.7. The summed E-state index contributed by atoms with van der Waals surface area (Å²) in [6.07, 6.45) is 2.67. The summed E-state index contributed by atoms with van der Waals surface area (Å²) in [5.41, 5.74) is 2.67. The fourth-order valence-corrected chi connectivity index (χ4v) is 5.61. The van der Waals surface area contributed by atoms with Crippen LogP contribution in [0.4, 0.5) is 4.79 Å². The van der Waals surface area contributed by atoms with Gasteiger partial charge in [-0.25, -0.2) is 19.3 Å². The van der Waals surface area contributed by atoms with E-state index in [0.29, 0.717) is 77.1 Å². The maximum atomic E-state index is 13.8. The molecule has 5 heterocycles. The summed E-state index contributed by atoms with van der Waals surface area (Å²) < 4.78 is 15.2. The lowest BCUT2D eigenvalue weighted by Crippen LogP contribution is -2.44. The molecule has 2 atom stereocenters. The second-order valence-corrected chi connectivity index (χ2v) is 10.6. The number of nitrogens with zero attached hydrogens (tertiary/aromatic N) is 6. The van der Waals surface area contributed by atoms with E-state index in [9.17, 15) is 9.59 Å². The molecule has 202 valence electrons. The molecule has 0 saturated carbocycles. The topological polar surface area (TPSA) is 104 Å². The van der Waals surface area contributed by atoms with Gasteiger partial charge in [0, 0.05) is 30.6 Å². The minimum absolute atomic E-state index is 0.0237. The summed E-state index contributed by atoms with van der Waals surface area (Å²) in [4.78, 5) is 37.0. The molecule has 2 aliphatic heterocycles. The van der Waals surface area contributed by atoms with Gasteiger partial charge in [-0.3, -0.25) is 9.36 Å². The number of piperidine rings is 1. The number of fused-ring (bicyclic) bond motifs is 3. The Balaban J connectivity index is 1.32. The van der Waals surface area contributed by atoms with Crippen molar-refractivity contribution in [3.63, 3.8) is 0 Å². The SMILES string of the molecule is Cc1nc2cc(-c3nc4ccccn4n3)c(O[C@H]3CCN4C(=O)OC[C@@H]4C3)cc2c(=O)n1Cc1ccc(Cl)cc1. The number of cyclic esters (lactones) is 1. The lowest BCUT2D eigenvalue weighted by Gasteiger charge is -2.32. The van der Waals surface area contributed by atoms with Gasteiger partial charge in [-0.2, -0.15) is 0 Å². The fourth-order valence-electron chi connectivity index (χ4n) is 5.49. The van der Waals surface area contributed by atoms with Gasteiger partial charge < -0.3 is 14.4 Å². The van der Waals surface area contributed by atoms with E-state index in [1.807, 2.05) is 49.5 Å². The first-order valence-corrected chi connectivity index (χ1v) is 13.5. The molecule has 0 spiro atoms. The molecule has 0 bridgehead atoms. The molecule has 0 N–H and O–H groups in total. The van der Waals surface area contributed by atoms with Crippen LogP contribution >= 0.6 is 11.6 Å². The van der Waals surface area contributed by atoms with Crippen LogP contribution in [0.2, 0.25) is 5.02 Å². The number of hydrogen-bond donors (Lipinski definition) is 0. The second kappa shape index (κ2) is 9.63. The van der Waals surface area contributed by atoms with E-state index in [1.54, 1.807) is 32.2 Å². The number of halogens is 1. The van der Waals surface area contributed by atoms with Gasteiger partial charge in [0.05, 0.1) is 29.1 Å². The number of ether oxygens (including phenoxy) is 2. The third kappa shape index (κ3) is 4.34. The number of aryl methyl sites for hydroxylation is 1. The third-order valence-corrected chi connectivity index (χ3v) is 7.83. The first-order chi connectivity index (χ1) is 19.4. The Morgan fingerprint density at radius 3 is 2.77 bits per heavy atom. The Bertz CT molecular complexity index is 1800. The molecular formula is C29H25ClN6O4. The second-order valence-electron chi connectivity index (χ2n) is 10.2. The Labute approximate surface area is 233 Å². The van der Waals surface area contributed by atoms with Crippen LogP contribution in [-0.4, -0.2) is 60.4 Å². The molecule has 40 heavy (non-hydrogen) atoms. The average Bonchev–Trinajstić information content (AvgIpc) is 3.55. The smallest absolute Gasteiger partial charge is 0.410 e. The van der Waals surface area contributed by atoms with E-state index >= 15 is 0 Å². The third-order valence-electron chi connectivity index (χ3n) is 7.58. The summed E-state index contributed by atoms with van der Waals surface area (Å²) >= 11 is 6.05. The molecule has 0 radical (unpaired) electrons. The largest absolute Gasteiger partial charge is 0.489 e. The molecule has 2 fully saturated rings. The number of carbonyl (C=O) groups is 1. The number of benzene rings is 2. The van der Waals surface area contributed by atoms with Crippen molar-refractivity contribution in [3.8, 4) is 17.1 Å². The Kier molecular flexibility index (Phi) is 5.92. The van der Waals surface area contributed by atoms with Crippen LogP contribution in [0, 0.1) is 6.92 Å². The van der Waals surface area contributed by atoms with Crippen molar-refractivity contribution in [2.75, 3.05) is 13.2 Å². The molecular weight excluding hydrogens is 532 g/mol. The highest BCUT2D eigenvalue weighted by molar-refractivity contribution is 6.30.